The molecule has 3 rings (SSSR count). The zero-order valence-corrected chi connectivity index (χ0v) is 22.4. The monoisotopic (exact) mass is 521 g/mol. The molecule has 0 aliphatic heterocycles. The van der Waals surface area contributed by atoms with Gasteiger partial charge >= 0.3 is 0 Å². The van der Waals surface area contributed by atoms with Gasteiger partial charge in [-0.2, -0.15) is 5.10 Å². The first-order chi connectivity index (χ1) is 17.7. The summed E-state index contributed by atoms with van der Waals surface area (Å²) >= 11 is 0. The molecule has 0 aliphatic carbocycles. The Morgan fingerprint density at radius 2 is 1.70 bits per heavy atom. The zero-order chi connectivity index (χ0) is 27.1. The Balaban J connectivity index is 0.000000364. The van der Waals surface area contributed by atoms with E-state index in [1.807, 2.05) is 49.0 Å². The maximum atomic E-state index is 12.2. The van der Waals surface area contributed by atoms with E-state index in [0.717, 1.165) is 29.5 Å². The summed E-state index contributed by atoms with van der Waals surface area (Å²) in [6.07, 6.45) is 13.3. The molecule has 0 radical (unpaired) electrons. The molecule has 0 saturated carbocycles. The molecule has 0 fully saturated rings. The van der Waals surface area contributed by atoms with E-state index in [0.29, 0.717) is 5.56 Å². The molecule has 0 bridgehead atoms. The maximum absolute atomic E-state index is 12.2. The summed E-state index contributed by atoms with van der Waals surface area (Å²) in [5.74, 6) is -0.206. The molecular weight excluding hydrogens is 486 g/mol. The van der Waals surface area contributed by atoms with Crippen molar-refractivity contribution in [2.75, 3.05) is 0 Å². The highest BCUT2D eigenvalue weighted by Gasteiger charge is 2.07. The van der Waals surface area contributed by atoms with Gasteiger partial charge in [0, 0.05) is 6.07 Å². The van der Waals surface area contributed by atoms with Gasteiger partial charge in [0.1, 0.15) is 22.7 Å². The second-order valence-electron chi connectivity index (χ2n) is 8.66. The summed E-state index contributed by atoms with van der Waals surface area (Å²) in [5, 5.41) is 4.17. The lowest BCUT2D eigenvalue weighted by atomic mass is 10.0. The number of pyridine rings is 1. The topological polar surface area (TPSA) is 103 Å². The lowest BCUT2D eigenvalue weighted by Gasteiger charge is -2.05. The average Bonchev–Trinajstić information content (AvgIpc) is 2.87. The standard InChI is InChI=1S/C22H27N3O.C7H8O3S/c1-3-4-5-7-13-20(16-19-11-8-6-9-12-19)17-23-24-22(26)21-14-10-15-25(2)18-21;1-6-2-4-7(5-3-6)11(8,9)10/h6,8-12,14-18H,3-5,7,13H2,1-2H3;2-5H,1H3,(H,8,9,10)/b20-16-,23-17+;. The molecule has 0 atom stereocenters. The molecule has 0 aliphatic rings. The molecule has 1 aromatic heterocycles. The van der Waals surface area contributed by atoms with Crippen LogP contribution in [0.5, 0.6) is 0 Å². The summed E-state index contributed by atoms with van der Waals surface area (Å²) in [4.78, 5) is 12.0. The first kappa shape index (κ1) is 29.6. The summed E-state index contributed by atoms with van der Waals surface area (Å²) < 4.78 is 33.0. The Bertz CT molecular complexity index is 1290. The van der Waals surface area contributed by atoms with Crippen LogP contribution in [0.2, 0.25) is 0 Å². The van der Waals surface area contributed by atoms with Crippen LogP contribution in [0.25, 0.3) is 6.08 Å². The minimum Gasteiger partial charge on any atom is -0.744 e. The number of carbonyl (C=O) groups is 1. The lowest BCUT2D eigenvalue weighted by molar-refractivity contribution is -0.671. The van der Waals surface area contributed by atoms with Crippen molar-refractivity contribution in [2.24, 2.45) is 12.1 Å². The van der Waals surface area contributed by atoms with Crippen molar-refractivity contribution in [3.63, 3.8) is 0 Å². The van der Waals surface area contributed by atoms with Crippen LogP contribution >= 0.6 is 0 Å². The van der Waals surface area contributed by atoms with E-state index in [-0.39, 0.29) is 10.8 Å². The predicted octanol–water partition coefficient (Wildman–Crippen LogP) is 5.18. The molecular formula is C29H35N3O4S. The Hall–Kier alpha value is -3.62. The SMILES string of the molecule is CCCCCCC(=C/c1ccccc1)/C=N/NC(=O)c1ccc[n+](C)c1.Cc1ccc(S(=O)(=O)[O-])cc1. The number of aromatic nitrogens is 1. The van der Waals surface area contributed by atoms with Gasteiger partial charge in [-0.1, -0.05) is 80.3 Å². The van der Waals surface area contributed by atoms with Crippen molar-refractivity contribution < 1.29 is 22.3 Å². The van der Waals surface area contributed by atoms with Crippen LogP contribution in [-0.4, -0.2) is 25.1 Å². The Kier molecular flexibility index (Phi) is 12.4. The maximum Gasteiger partial charge on any atom is 0.277 e. The van der Waals surface area contributed by atoms with E-state index in [9.17, 15) is 17.8 Å². The Morgan fingerprint density at radius 3 is 2.32 bits per heavy atom. The number of amides is 1. The number of nitrogens with one attached hydrogen (secondary N) is 1. The van der Waals surface area contributed by atoms with Gasteiger partial charge in [0.15, 0.2) is 12.4 Å². The van der Waals surface area contributed by atoms with Gasteiger partial charge in [-0.05, 0) is 49.1 Å². The van der Waals surface area contributed by atoms with Crippen molar-refractivity contribution in [3.8, 4) is 0 Å². The summed E-state index contributed by atoms with van der Waals surface area (Å²) in [6, 6.07) is 19.6. The van der Waals surface area contributed by atoms with Crippen molar-refractivity contribution in [2.45, 2.75) is 50.8 Å². The van der Waals surface area contributed by atoms with Gasteiger partial charge in [-0.25, -0.2) is 18.4 Å². The van der Waals surface area contributed by atoms with Gasteiger partial charge < -0.3 is 4.55 Å². The minimum atomic E-state index is -4.27. The largest absolute Gasteiger partial charge is 0.744 e. The van der Waals surface area contributed by atoms with Crippen LogP contribution in [0.1, 0.15) is 60.5 Å². The number of unbranched alkanes of at least 4 members (excludes halogenated alkanes) is 3. The number of benzene rings is 2. The highest BCUT2D eigenvalue weighted by atomic mass is 32.2. The predicted molar refractivity (Wildman–Crippen MR) is 146 cm³/mol. The van der Waals surface area contributed by atoms with Crippen LogP contribution in [-0.2, 0) is 17.2 Å². The van der Waals surface area contributed by atoms with Crippen LogP contribution in [0.15, 0.2) is 94.7 Å². The van der Waals surface area contributed by atoms with Gasteiger partial charge in [0.25, 0.3) is 5.91 Å². The Morgan fingerprint density at radius 1 is 1.00 bits per heavy atom. The fraction of sp³-hybridized carbons (Fsp3) is 0.276. The molecule has 0 saturated heterocycles. The average molecular weight is 522 g/mol. The number of aryl methyl sites for hydroxylation is 2. The number of nitrogens with zero attached hydrogens (tertiary/aromatic N) is 2. The lowest BCUT2D eigenvalue weighted by Crippen LogP contribution is -2.29. The van der Waals surface area contributed by atoms with E-state index in [4.69, 9.17) is 0 Å². The number of carbonyl (C=O) groups excluding carboxylic acids is 1. The molecule has 37 heavy (non-hydrogen) atoms. The number of rotatable bonds is 10. The first-order valence-electron chi connectivity index (χ1n) is 12.3. The smallest absolute Gasteiger partial charge is 0.277 e. The zero-order valence-electron chi connectivity index (χ0n) is 21.6. The molecule has 196 valence electrons. The van der Waals surface area contributed by atoms with E-state index in [1.54, 1.807) is 30.6 Å². The third-order valence-corrected chi connectivity index (χ3v) is 6.23. The van der Waals surface area contributed by atoms with Crippen molar-refractivity contribution in [1.82, 2.24) is 5.43 Å². The quantitative estimate of drug-likeness (QED) is 0.131. The molecule has 8 heteroatoms. The molecule has 1 N–H and O–H groups in total. The van der Waals surface area contributed by atoms with Gasteiger partial charge in [0.2, 0.25) is 0 Å². The van der Waals surface area contributed by atoms with Crippen LogP contribution in [0.3, 0.4) is 0 Å². The Labute approximate surface area is 220 Å². The van der Waals surface area contributed by atoms with Crippen molar-refractivity contribution in [1.29, 1.82) is 0 Å². The van der Waals surface area contributed by atoms with Crippen molar-refractivity contribution >= 4 is 28.3 Å². The summed E-state index contributed by atoms with van der Waals surface area (Å²) in [5.41, 5.74) is 6.40. The number of hydrogen-bond donors (Lipinski definition) is 1. The number of allylic oxidation sites excluding steroid dienone is 1. The highest BCUT2D eigenvalue weighted by molar-refractivity contribution is 7.85. The van der Waals surface area contributed by atoms with Gasteiger partial charge in [-0.3, -0.25) is 4.79 Å². The molecule has 7 nitrogen and oxygen atoms in total. The second kappa shape index (κ2) is 15.5. The molecule has 0 spiro atoms. The highest BCUT2D eigenvalue weighted by Crippen LogP contribution is 2.13. The number of hydrogen-bond acceptors (Lipinski definition) is 5. The molecule has 0 unspecified atom stereocenters. The minimum absolute atomic E-state index is 0.178. The van der Waals surface area contributed by atoms with E-state index < -0.39 is 10.1 Å². The first-order valence-corrected chi connectivity index (χ1v) is 13.7. The molecule has 3 aromatic rings. The van der Waals surface area contributed by atoms with Crippen LogP contribution in [0, 0.1) is 6.92 Å². The molecule has 1 amide bonds. The molecule has 1 heterocycles. The van der Waals surface area contributed by atoms with Gasteiger partial charge in [0.05, 0.1) is 11.1 Å². The fourth-order valence-corrected chi connectivity index (χ4v) is 3.83. The number of hydrazone groups is 1. The van der Waals surface area contributed by atoms with E-state index in [1.165, 1.54) is 31.4 Å². The third kappa shape index (κ3) is 11.8. The van der Waals surface area contributed by atoms with Crippen LogP contribution in [0.4, 0.5) is 0 Å². The van der Waals surface area contributed by atoms with Gasteiger partial charge in [-0.15, -0.1) is 0 Å². The normalized spacial score (nSPS) is 11.6. The summed E-state index contributed by atoms with van der Waals surface area (Å²) in [6.45, 7) is 4.03. The van der Waals surface area contributed by atoms with Crippen LogP contribution < -0.4 is 9.99 Å². The van der Waals surface area contributed by atoms with Crippen molar-refractivity contribution in [3.05, 3.63) is 101 Å². The second-order valence-corrected chi connectivity index (χ2v) is 10.0. The fourth-order valence-electron chi connectivity index (χ4n) is 3.36. The van der Waals surface area contributed by atoms with E-state index >= 15 is 0 Å². The van der Waals surface area contributed by atoms with E-state index in [2.05, 4.69) is 35.7 Å². The molecule has 2 aromatic carbocycles. The third-order valence-electron chi connectivity index (χ3n) is 5.38. The summed E-state index contributed by atoms with van der Waals surface area (Å²) in [7, 11) is -2.38.